The fraction of sp³-hybridized carbons (Fsp3) is 0.938. The molecule has 0 spiro atoms. The van der Waals surface area contributed by atoms with Crippen LogP contribution in [0.15, 0.2) is 0 Å². The average Bonchev–Trinajstić information content (AvgIpc) is 2.69. The number of nitrogens with zero attached hydrogens (tertiary/aromatic N) is 2. The van der Waals surface area contributed by atoms with Crippen LogP contribution in [0.1, 0.15) is 51.4 Å². The molecule has 3 fully saturated rings. The first kappa shape index (κ1) is 17.0. The summed E-state index contributed by atoms with van der Waals surface area (Å²) in [4.78, 5) is 16.9. The van der Waals surface area contributed by atoms with E-state index >= 15 is 0 Å². The van der Waals surface area contributed by atoms with Crippen molar-refractivity contribution in [1.82, 2.24) is 15.1 Å². The molecule has 3 rings (SSSR count). The zero-order valence-electron chi connectivity index (χ0n) is 13.2. The van der Waals surface area contributed by atoms with Crippen LogP contribution in [-0.4, -0.2) is 60.5 Å². The molecule has 0 aromatic carbocycles. The van der Waals surface area contributed by atoms with Gasteiger partial charge in [0.2, 0.25) is 5.91 Å². The van der Waals surface area contributed by atoms with E-state index in [1.54, 1.807) is 0 Å². The second-order valence-corrected chi connectivity index (χ2v) is 6.97. The van der Waals surface area contributed by atoms with Crippen LogP contribution in [0.25, 0.3) is 0 Å². The van der Waals surface area contributed by atoms with E-state index in [0.29, 0.717) is 30.6 Å². The minimum absolute atomic E-state index is 0. The van der Waals surface area contributed by atoms with E-state index in [1.165, 1.54) is 51.4 Å². The van der Waals surface area contributed by atoms with Gasteiger partial charge in [-0.05, 0) is 45.6 Å². The predicted molar refractivity (Wildman–Crippen MR) is 87.9 cm³/mol. The molecule has 0 aliphatic carbocycles. The van der Waals surface area contributed by atoms with Gasteiger partial charge >= 0.3 is 0 Å². The van der Waals surface area contributed by atoms with Crippen LogP contribution < -0.4 is 5.32 Å². The van der Waals surface area contributed by atoms with Gasteiger partial charge in [-0.3, -0.25) is 9.69 Å². The summed E-state index contributed by atoms with van der Waals surface area (Å²) in [6.07, 6.45) is 10.1. The number of piperidine rings is 1. The molecular weight excluding hydrogens is 286 g/mol. The molecule has 0 aromatic heterocycles. The third kappa shape index (κ3) is 4.33. The Bertz CT molecular complexity index is 332. The molecule has 2 unspecified atom stereocenters. The maximum Gasteiger partial charge on any atom is 0.236 e. The summed E-state index contributed by atoms with van der Waals surface area (Å²) in [6, 6.07) is 2.01. The Morgan fingerprint density at radius 3 is 2.24 bits per heavy atom. The van der Waals surface area contributed by atoms with Crippen LogP contribution in [-0.2, 0) is 4.79 Å². The predicted octanol–water partition coefficient (Wildman–Crippen LogP) is 2.03. The number of amides is 1. The van der Waals surface area contributed by atoms with Crippen LogP contribution in [0.3, 0.4) is 0 Å². The Balaban J connectivity index is 0.00000161. The summed E-state index contributed by atoms with van der Waals surface area (Å²) < 4.78 is 0. The first-order valence-electron chi connectivity index (χ1n) is 8.46. The fourth-order valence-electron chi connectivity index (χ4n) is 4.15. The maximum atomic E-state index is 12.5. The lowest BCUT2D eigenvalue weighted by molar-refractivity contribution is -0.132. The Morgan fingerprint density at radius 2 is 1.67 bits per heavy atom. The Hall–Kier alpha value is -0.320. The number of likely N-dealkylation sites (N-methyl/N-ethyl adjacent to an activating group) is 1. The summed E-state index contributed by atoms with van der Waals surface area (Å²) in [5.74, 6) is 0.347. The second-order valence-electron chi connectivity index (χ2n) is 6.97. The van der Waals surface area contributed by atoms with E-state index in [-0.39, 0.29) is 12.4 Å². The van der Waals surface area contributed by atoms with Gasteiger partial charge < -0.3 is 10.2 Å². The van der Waals surface area contributed by atoms with Gasteiger partial charge in [0.05, 0.1) is 6.54 Å². The molecule has 0 saturated carbocycles. The summed E-state index contributed by atoms with van der Waals surface area (Å²) in [5, 5.41) is 3.68. The van der Waals surface area contributed by atoms with Crippen molar-refractivity contribution >= 4 is 18.3 Å². The van der Waals surface area contributed by atoms with Crippen molar-refractivity contribution in [1.29, 1.82) is 0 Å². The fourth-order valence-corrected chi connectivity index (χ4v) is 4.15. The number of carbonyl (C=O) groups excluding carboxylic acids is 1. The van der Waals surface area contributed by atoms with Crippen molar-refractivity contribution in [2.75, 3.05) is 26.7 Å². The van der Waals surface area contributed by atoms with Gasteiger partial charge in [0.1, 0.15) is 0 Å². The molecule has 4 nitrogen and oxygen atoms in total. The first-order chi connectivity index (χ1) is 9.72. The molecule has 5 heteroatoms. The lowest BCUT2D eigenvalue weighted by Crippen LogP contribution is -2.50. The zero-order valence-corrected chi connectivity index (χ0v) is 14.0. The van der Waals surface area contributed by atoms with Crippen LogP contribution in [0.4, 0.5) is 0 Å². The highest BCUT2D eigenvalue weighted by molar-refractivity contribution is 5.85. The van der Waals surface area contributed by atoms with Gasteiger partial charge in [-0.1, -0.05) is 12.8 Å². The number of nitrogens with one attached hydrogen (secondary N) is 1. The zero-order chi connectivity index (χ0) is 13.9. The highest BCUT2D eigenvalue weighted by Crippen LogP contribution is 2.29. The number of likely N-dealkylation sites (tertiary alicyclic amines) is 1. The van der Waals surface area contributed by atoms with Crippen molar-refractivity contribution < 1.29 is 4.79 Å². The van der Waals surface area contributed by atoms with Gasteiger partial charge in [-0.25, -0.2) is 0 Å². The number of carbonyl (C=O) groups is 1. The normalized spacial score (nSPS) is 32.7. The Morgan fingerprint density at radius 1 is 1.10 bits per heavy atom. The lowest BCUT2D eigenvalue weighted by Gasteiger charge is -2.36. The minimum atomic E-state index is 0. The number of hydrogen-bond donors (Lipinski definition) is 1. The van der Waals surface area contributed by atoms with Gasteiger partial charge in [0, 0.05) is 31.2 Å². The molecule has 2 bridgehead atoms. The van der Waals surface area contributed by atoms with Crippen molar-refractivity contribution in [3.8, 4) is 0 Å². The number of halogens is 1. The molecule has 0 aromatic rings. The number of rotatable bonds is 3. The number of hydrogen-bond acceptors (Lipinski definition) is 3. The first-order valence-corrected chi connectivity index (χ1v) is 8.46. The van der Waals surface area contributed by atoms with Crippen LogP contribution >= 0.6 is 12.4 Å². The van der Waals surface area contributed by atoms with Crippen LogP contribution in [0, 0.1) is 0 Å². The third-order valence-electron chi connectivity index (χ3n) is 5.41. The van der Waals surface area contributed by atoms with Crippen molar-refractivity contribution in [3.63, 3.8) is 0 Å². The Labute approximate surface area is 135 Å². The van der Waals surface area contributed by atoms with E-state index in [0.717, 1.165) is 13.1 Å². The van der Waals surface area contributed by atoms with Crippen molar-refractivity contribution in [2.45, 2.75) is 69.5 Å². The molecule has 1 N–H and O–H groups in total. The quantitative estimate of drug-likeness (QED) is 0.865. The SMILES string of the molecule is CN(CC(=O)N1CCCCCC1)C1CC2CCC(C1)N2.Cl. The van der Waals surface area contributed by atoms with E-state index < -0.39 is 0 Å². The number of fused-ring (bicyclic) bond motifs is 2. The van der Waals surface area contributed by atoms with Crippen molar-refractivity contribution in [3.05, 3.63) is 0 Å². The summed E-state index contributed by atoms with van der Waals surface area (Å²) in [7, 11) is 2.14. The standard InChI is InChI=1S/C16H29N3O.ClH/c1-18(15-10-13-6-7-14(11-15)17-13)12-16(20)19-8-4-2-3-5-9-19;/h13-15,17H,2-12H2,1H3;1H. The summed E-state index contributed by atoms with van der Waals surface area (Å²) in [6.45, 7) is 2.57. The molecular formula is C16H30ClN3O. The highest BCUT2D eigenvalue weighted by Gasteiger charge is 2.35. The molecule has 3 heterocycles. The van der Waals surface area contributed by atoms with Crippen LogP contribution in [0.5, 0.6) is 0 Å². The smallest absolute Gasteiger partial charge is 0.236 e. The molecule has 122 valence electrons. The molecule has 1 amide bonds. The van der Waals surface area contributed by atoms with E-state index in [9.17, 15) is 4.79 Å². The topological polar surface area (TPSA) is 35.6 Å². The van der Waals surface area contributed by atoms with Crippen LogP contribution in [0.2, 0.25) is 0 Å². The van der Waals surface area contributed by atoms with Crippen molar-refractivity contribution in [2.24, 2.45) is 0 Å². The molecule has 2 atom stereocenters. The molecule has 3 aliphatic heterocycles. The largest absolute Gasteiger partial charge is 0.342 e. The van der Waals surface area contributed by atoms with Gasteiger partial charge in [-0.15, -0.1) is 12.4 Å². The lowest BCUT2D eigenvalue weighted by atomic mass is 9.98. The maximum absolute atomic E-state index is 12.5. The average molecular weight is 316 g/mol. The molecule has 0 radical (unpaired) electrons. The molecule has 3 aliphatic rings. The van der Waals surface area contributed by atoms with Gasteiger partial charge in [-0.2, -0.15) is 0 Å². The molecule has 3 saturated heterocycles. The van der Waals surface area contributed by atoms with E-state index in [2.05, 4.69) is 22.2 Å². The van der Waals surface area contributed by atoms with Gasteiger partial charge in [0.15, 0.2) is 0 Å². The van der Waals surface area contributed by atoms with Gasteiger partial charge in [0.25, 0.3) is 0 Å². The Kier molecular flexibility index (Phi) is 6.33. The second kappa shape index (κ2) is 7.80. The monoisotopic (exact) mass is 315 g/mol. The summed E-state index contributed by atoms with van der Waals surface area (Å²) in [5.41, 5.74) is 0. The highest BCUT2D eigenvalue weighted by atomic mass is 35.5. The molecule has 21 heavy (non-hydrogen) atoms. The summed E-state index contributed by atoms with van der Waals surface area (Å²) >= 11 is 0. The third-order valence-corrected chi connectivity index (χ3v) is 5.41. The minimum Gasteiger partial charge on any atom is -0.342 e. The van der Waals surface area contributed by atoms with E-state index in [1.807, 2.05) is 0 Å². The van der Waals surface area contributed by atoms with E-state index in [4.69, 9.17) is 0 Å².